The number of piperidine rings is 1. The Labute approximate surface area is 183 Å². The molecular weight excluding hydrogens is 426 g/mol. The van der Waals surface area contributed by atoms with Gasteiger partial charge in [0.05, 0.1) is 11.4 Å². The van der Waals surface area contributed by atoms with Crippen molar-refractivity contribution < 1.29 is 18.0 Å². The molecule has 1 aliphatic heterocycles. The number of hydrogen-bond acceptors (Lipinski definition) is 4. The summed E-state index contributed by atoms with van der Waals surface area (Å²) < 4.78 is 27.4. The molecule has 1 heterocycles. The maximum atomic E-state index is 12.4. The quantitative estimate of drug-likeness (QED) is 0.660. The summed E-state index contributed by atoms with van der Waals surface area (Å²) in [7, 11) is -3.57. The number of carbonyl (C=O) groups excluding carboxylic acids is 2. The Balaban J connectivity index is 1.38. The van der Waals surface area contributed by atoms with Crippen LogP contribution in [0.25, 0.3) is 0 Å². The third-order valence-corrected chi connectivity index (χ3v) is 7.72. The van der Waals surface area contributed by atoms with E-state index in [0.717, 1.165) is 45.2 Å². The fraction of sp³-hybridized carbons (Fsp3) is 0.619. The highest BCUT2D eigenvalue weighted by molar-refractivity contribution is 7.89. The minimum atomic E-state index is -3.57. The zero-order valence-electron chi connectivity index (χ0n) is 17.1. The predicted octanol–water partition coefficient (Wildman–Crippen LogP) is 2.55. The van der Waals surface area contributed by atoms with E-state index >= 15 is 0 Å². The first-order valence-electron chi connectivity index (χ1n) is 10.7. The topological polar surface area (TPSA) is 95.6 Å². The van der Waals surface area contributed by atoms with Crippen LogP contribution in [0, 0.1) is 11.8 Å². The molecule has 2 aliphatic rings. The molecule has 166 valence electrons. The number of nitrogens with one attached hydrogen (secondary N) is 2. The molecule has 0 spiro atoms. The highest BCUT2D eigenvalue weighted by Crippen LogP contribution is 2.29. The highest BCUT2D eigenvalue weighted by Gasteiger charge is 2.28. The summed E-state index contributed by atoms with van der Waals surface area (Å²) in [6.45, 7) is 1.99. The van der Waals surface area contributed by atoms with E-state index in [-0.39, 0.29) is 35.1 Å². The molecule has 0 radical (unpaired) electrons. The fourth-order valence-corrected chi connectivity index (χ4v) is 5.36. The molecule has 30 heavy (non-hydrogen) atoms. The molecule has 1 saturated carbocycles. The Morgan fingerprint density at radius 2 is 1.63 bits per heavy atom. The number of amides is 2. The van der Waals surface area contributed by atoms with Crippen LogP contribution in [0.3, 0.4) is 0 Å². The second-order valence-corrected chi connectivity index (χ2v) is 10.4. The minimum Gasteiger partial charge on any atom is -0.347 e. The summed E-state index contributed by atoms with van der Waals surface area (Å²) in [4.78, 5) is 26.6. The maximum absolute atomic E-state index is 12.4. The van der Waals surface area contributed by atoms with Gasteiger partial charge >= 0.3 is 0 Å². The van der Waals surface area contributed by atoms with E-state index in [1.165, 1.54) is 12.1 Å². The van der Waals surface area contributed by atoms with E-state index in [1.54, 1.807) is 12.1 Å². The number of hydrogen-bond donors (Lipinski definition) is 2. The maximum Gasteiger partial charge on any atom is 0.241 e. The van der Waals surface area contributed by atoms with Gasteiger partial charge in [-0.05, 0) is 75.1 Å². The number of carbonyl (C=O) groups is 2. The predicted molar refractivity (Wildman–Crippen MR) is 116 cm³/mol. The van der Waals surface area contributed by atoms with Crippen molar-refractivity contribution in [2.75, 3.05) is 26.2 Å². The van der Waals surface area contributed by atoms with Crippen molar-refractivity contribution in [1.82, 2.24) is 14.9 Å². The Kier molecular flexibility index (Phi) is 8.13. The number of benzene rings is 1. The van der Waals surface area contributed by atoms with Crippen LogP contribution < -0.4 is 10.0 Å². The van der Waals surface area contributed by atoms with Crippen LogP contribution in [0.4, 0.5) is 0 Å². The molecular formula is C21H30ClN3O4S. The number of likely N-dealkylation sites (tertiary alicyclic amines) is 1. The lowest BCUT2D eigenvalue weighted by Crippen LogP contribution is -2.44. The summed E-state index contributed by atoms with van der Waals surface area (Å²) in [5.74, 6) is 0.0169. The molecule has 0 unspecified atom stereocenters. The minimum absolute atomic E-state index is 0.00616. The van der Waals surface area contributed by atoms with Gasteiger partial charge in [-0.25, -0.2) is 13.1 Å². The van der Waals surface area contributed by atoms with Crippen LogP contribution in [0.2, 0.25) is 5.02 Å². The van der Waals surface area contributed by atoms with E-state index in [4.69, 9.17) is 11.6 Å². The first-order valence-corrected chi connectivity index (χ1v) is 12.5. The average Bonchev–Trinajstić information content (AvgIpc) is 2.77. The standard InChI is InChI=1S/C21H30ClN3O4S/c22-18-8-10-19(11-9-18)30(28,29)24-14-16-4-6-17(7-5-16)21(27)23-15-20(26)25-12-2-1-3-13-25/h8-11,16-17,24H,1-7,12-15H2,(H,23,27). The van der Waals surface area contributed by atoms with E-state index in [9.17, 15) is 18.0 Å². The fourth-order valence-electron chi connectivity index (χ4n) is 4.12. The van der Waals surface area contributed by atoms with Crippen molar-refractivity contribution in [2.45, 2.75) is 49.8 Å². The first kappa shape index (κ1) is 23.0. The third kappa shape index (κ3) is 6.43. The molecule has 0 bridgehead atoms. The number of nitrogens with zero attached hydrogens (tertiary/aromatic N) is 1. The molecule has 2 fully saturated rings. The van der Waals surface area contributed by atoms with Gasteiger partial charge in [-0.15, -0.1) is 0 Å². The molecule has 3 rings (SSSR count). The average molecular weight is 456 g/mol. The van der Waals surface area contributed by atoms with Gasteiger partial charge in [-0.2, -0.15) is 0 Å². The van der Waals surface area contributed by atoms with Crippen molar-refractivity contribution >= 4 is 33.4 Å². The van der Waals surface area contributed by atoms with Gasteiger partial charge in [-0.3, -0.25) is 9.59 Å². The van der Waals surface area contributed by atoms with Gasteiger partial charge in [0.1, 0.15) is 0 Å². The third-order valence-electron chi connectivity index (χ3n) is 6.03. The highest BCUT2D eigenvalue weighted by atomic mass is 35.5. The lowest BCUT2D eigenvalue weighted by molar-refractivity contribution is -0.134. The molecule has 7 nitrogen and oxygen atoms in total. The molecule has 1 aliphatic carbocycles. The summed E-state index contributed by atoms with van der Waals surface area (Å²) in [6, 6.07) is 6.07. The summed E-state index contributed by atoms with van der Waals surface area (Å²) in [5, 5.41) is 3.28. The SMILES string of the molecule is O=C(NCC(=O)N1CCCCC1)C1CCC(CNS(=O)(=O)c2ccc(Cl)cc2)CC1. The Bertz CT molecular complexity index is 830. The molecule has 1 aromatic carbocycles. The van der Waals surface area contributed by atoms with E-state index < -0.39 is 10.0 Å². The van der Waals surface area contributed by atoms with E-state index in [1.807, 2.05) is 4.90 Å². The molecule has 0 atom stereocenters. The monoisotopic (exact) mass is 455 g/mol. The van der Waals surface area contributed by atoms with Gasteiger partial charge in [0.15, 0.2) is 0 Å². The van der Waals surface area contributed by atoms with Crippen molar-refractivity contribution in [3.05, 3.63) is 29.3 Å². The van der Waals surface area contributed by atoms with Crippen LogP contribution in [0.5, 0.6) is 0 Å². The van der Waals surface area contributed by atoms with Crippen molar-refractivity contribution in [3.63, 3.8) is 0 Å². The molecule has 2 amide bonds. The number of rotatable bonds is 7. The summed E-state index contributed by atoms with van der Waals surface area (Å²) in [6.07, 6.45) is 6.20. The van der Waals surface area contributed by atoms with Crippen LogP contribution >= 0.6 is 11.6 Å². The largest absolute Gasteiger partial charge is 0.347 e. The first-order chi connectivity index (χ1) is 14.3. The van der Waals surface area contributed by atoms with Crippen molar-refractivity contribution in [2.24, 2.45) is 11.8 Å². The van der Waals surface area contributed by atoms with Gasteiger partial charge in [0, 0.05) is 30.6 Å². The molecule has 0 aromatic heterocycles. The Morgan fingerprint density at radius 1 is 1.00 bits per heavy atom. The van der Waals surface area contributed by atoms with Crippen molar-refractivity contribution in [3.8, 4) is 0 Å². The normalized spacial score (nSPS) is 22.5. The molecule has 1 aromatic rings. The second-order valence-electron chi connectivity index (χ2n) is 8.18. The van der Waals surface area contributed by atoms with Gasteiger partial charge in [0.2, 0.25) is 21.8 Å². The van der Waals surface area contributed by atoms with E-state index in [0.29, 0.717) is 24.4 Å². The van der Waals surface area contributed by atoms with Crippen LogP contribution in [0.15, 0.2) is 29.2 Å². The zero-order chi connectivity index (χ0) is 21.6. The number of halogens is 1. The van der Waals surface area contributed by atoms with Crippen LogP contribution in [0.1, 0.15) is 44.9 Å². The molecule has 9 heteroatoms. The Morgan fingerprint density at radius 3 is 2.27 bits per heavy atom. The lowest BCUT2D eigenvalue weighted by atomic mass is 9.81. The van der Waals surface area contributed by atoms with E-state index in [2.05, 4.69) is 10.0 Å². The van der Waals surface area contributed by atoms with Gasteiger partial charge < -0.3 is 10.2 Å². The molecule has 1 saturated heterocycles. The molecule has 2 N–H and O–H groups in total. The second kappa shape index (κ2) is 10.6. The Hall–Kier alpha value is -1.64. The zero-order valence-corrected chi connectivity index (χ0v) is 18.7. The number of sulfonamides is 1. The van der Waals surface area contributed by atoms with Crippen LogP contribution in [-0.4, -0.2) is 51.3 Å². The van der Waals surface area contributed by atoms with Crippen LogP contribution in [-0.2, 0) is 19.6 Å². The lowest BCUT2D eigenvalue weighted by Gasteiger charge is -2.29. The van der Waals surface area contributed by atoms with Crippen molar-refractivity contribution in [1.29, 1.82) is 0 Å². The van der Waals surface area contributed by atoms with Gasteiger partial charge in [0.25, 0.3) is 0 Å². The summed E-state index contributed by atoms with van der Waals surface area (Å²) in [5.41, 5.74) is 0. The smallest absolute Gasteiger partial charge is 0.241 e. The summed E-state index contributed by atoms with van der Waals surface area (Å²) >= 11 is 5.81. The van der Waals surface area contributed by atoms with Gasteiger partial charge in [-0.1, -0.05) is 11.6 Å².